The second kappa shape index (κ2) is 8.85. The van der Waals surface area contributed by atoms with E-state index in [2.05, 4.69) is 24.1 Å². The van der Waals surface area contributed by atoms with Gasteiger partial charge in [-0.1, -0.05) is 13.8 Å². The first kappa shape index (κ1) is 17.7. The summed E-state index contributed by atoms with van der Waals surface area (Å²) in [6.45, 7) is 11.3. The first-order valence-corrected chi connectivity index (χ1v) is 7.95. The summed E-state index contributed by atoms with van der Waals surface area (Å²) in [6, 6.07) is 0. The Hall–Kier alpha value is -0.320. The molecule has 2 atom stereocenters. The van der Waals surface area contributed by atoms with E-state index < -0.39 is 0 Å². The van der Waals surface area contributed by atoms with Crippen LogP contribution in [0.5, 0.6) is 0 Å². The lowest BCUT2D eigenvalue weighted by Gasteiger charge is -2.35. The molecule has 2 aliphatic heterocycles. The van der Waals surface area contributed by atoms with Crippen LogP contribution < -0.4 is 5.32 Å². The molecule has 4 nitrogen and oxygen atoms in total. The first-order chi connectivity index (χ1) is 9.24. The molecule has 1 N–H and O–H groups in total. The minimum absolute atomic E-state index is 0. The van der Waals surface area contributed by atoms with Crippen LogP contribution in [-0.4, -0.2) is 61.5 Å². The SMILES string of the molecule is CCCN(CCC)C(=O)CN1CCC2CNCC2C1.Cl. The van der Waals surface area contributed by atoms with Crippen LogP contribution in [0.25, 0.3) is 0 Å². The Morgan fingerprint density at radius 2 is 1.85 bits per heavy atom. The van der Waals surface area contributed by atoms with Gasteiger partial charge >= 0.3 is 0 Å². The summed E-state index contributed by atoms with van der Waals surface area (Å²) in [5.74, 6) is 1.95. The molecule has 5 heteroatoms. The Labute approximate surface area is 129 Å². The zero-order valence-corrected chi connectivity index (χ0v) is 13.8. The molecular weight excluding hydrogens is 274 g/mol. The quantitative estimate of drug-likeness (QED) is 0.809. The summed E-state index contributed by atoms with van der Waals surface area (Å²) in [4.78, 5) is 16.8. The summed E-state index contributed by atoms with van der Waals surface area (Å²) in [7, 11) is 0. The maximum atomic E-state index is 12.4. The van der Waals surface area contributed by atoms with Crippen LogP contribution in [0.1, 0.15) is 33.1 Å². The number of likely N-dealkylation sites (tertiary alicyclic amines) is 1. The second-order valence-corrected chi connectivity index (χ2v) is 6.08. The Kier molecular flexibility index (Phi) is 7.85. The van der Waals surface area contributed by atoms with E-state index in [9.17, 15) is 4.79 Å². The number of piperidine rings is 1. The molecular formula is C15H30ClN3O. The largest absolute Gasteiger partial charge is 0.342 e. The number of carbonyl (C=O) groups is 1. The van der Waals surface area contributed by atoms with Gasteiger partial charge in [0.2, 0.25) is 5.91 Å². The predicted octanol–water partition coefficient (Wildman–Crippen LogP) is 1.60. The second-order valence-electron chi connectivity index (χ2n) is 6.08. The fourth-order valence-corrected chi connectivity index (χ4v) is 3.45. The number of halogens is 1. The topological polar surface area (TPSA) is 35.6 Å². The van der Waals surface area contributed by atoms with Gasteiger partial charge < -0.3 is 10.2 Å². The Balaban J connectivity index is 0.00000200. The fraction of sp³-hybridized carbons (Fsp3) is 0.933. The van der Waals surface area contributed by atoms with Gasteiger partial charge in [-0.15, -0.1) is 12.4 Å². The molecule has 2 fully saturated rings. The molecule has 0 spiro atoms. The molecule has 0 aromatic rings. The molecule has 2 aliphatic rings. The third-order valence-electron chi connectivity index (χ3n) is 4.49. The normalized spacial score (nSPS) is 25.9. The van der Waals surface area contributed by atoms with Gasteiger partial charge in [0, 0.05) is 19.6 Å². The van der Waals surface area contributed by atoms with Crippen LogP contribution >= 0.6 is 12.4 Å². The van der Waals surface area contributed by atoms with E-state index in [0.717, 1.165) is 57.4 Å². The molecule has 0 saturated carbocycles. The minimum atomic E-state index is 0. The average molecular weight is 304 g/mol. The van der Waals surface area contributed by atoms with E-state index in [-0.39, 0.29) is 12.4 Å². The number of rotatable bonds is 6. The van der Waals surface area contributed by atoms with Gasteiger partial charge in [0.15, 0.2) is 0 Å². The van der Waals surface area contributed by atoms with Gasteiger partial charge in [-0.3, -0.25) is 9.69 Å². The van der Waals surface area contributed by atoms with Crippen molar-refractivity contribution in [2.75, 3.05) is 45.8 Å². The lowest BCUT2D eigenvalue weighted by molar-refractivity contribution is -0.133. The molecule has 2 unspecified atom stereocenters. The third kappa shape index (κ3) is 4.61. The number of fused-ring (bicyclic) bond motifs is 1. The molecule has 0 aliphatic carbocycles. The van der Waals surface area contributed by atoms with Crippen LogP contribution in [0, 0.1) is 11.8 Å². The first-order valence-electron chi connectivity index (χ1n) is 7.95. The van der Waals surface area contributed by atoms with Crippen molar-refractivity contribution >= 4 is 18.3 Å². The van der Waals surface area contributed by atoms with Crippen molar-refractivity contribution in [3.8, 4) is 0 Å². The van der Waals surface area contributed by atoms with E-state index in [0.29, 0.717) is 12.5 Å². The van der Waals surface area contributed by atoms with Crippen molar-refractivity contribution in [1.82, 2.24) is 15.1 Å². The van der Waals surface area contributed by atoms with Gasteiger partial charge in [0.25, 0.3) is 0 Å². The number of amides is 1. The molecule has 0 radical (unpaired) electrons. The maximum absolute atomic E-state index is 12.4. The standard InChI is InChI=1S/C15H29N3O.ClH/c1-3-6-18(7-4-2)15(19)12-17-8-5-13-9-16-10-14(13)11-17;/h13-14,16H,3-12H2,1-2H3;1H. The highest BCUT2D eigenvalue weighted by atomic mass is 35.5. The van der Waals surface area contributed by atoms with Gasteiger partial charge in [0.1, 0.15) is 0 Å². The predicted molar refractivity (Wildman–Crippen MR) is 85.3 cm³/mol. The van der Waals surface area contributed by atoms with Gasteiger partial charge in [-0.05, 0) is 50.7 Å². The highest BCUT2D eigenvalue weighted by molar-refractivity contribution is 5.85. The highest BCUT2D eigenvalue weighted by Gasteiger charge is 2.33. The van der Waals surface area contributed by atoms with Crippen molar-refractivity contribution in [3.05, 3.63) is 0 Å². The molecule has 0 aromatic carbocycles. The number of hydrogen-bond acceptors (Lipinski definition) is 3. The smallest absolute Gasteiger partial charge is 0.236 e. The number of nitrogens with zero attached hydrogens (tertiary/aromatic N) is 2. The van der Waals surface area contributed by atoms with Crippen LogP contribution in [0.4, 0.5) is 0 Å². The van der Waals surface area contributed by atoms with E-state index in [1.807, 2.05) is 4.90 Å². The summed E-state index contributed by atoms with van der Waals surface area (Å²) in [5.41, 5.74) is 0. The van der Waals surface area contributed by atoms with Crippen LogP contribution in [-0.2, 0) is 4.79 Å². The Bertz CT molecular complexity index is 295. The summed E-state index contributed by atoms with van der Waals surface area (Å²) < 4.78 is 0. The van der Waals surface area contributed by atoms with Gasteiger partial charge in [0.05, 0.1) is 6.54 Å². The summed E-state index contributed by atoms with van der Waals surface area (Å²) in [6.07, 6.45) is 3.37. The van der Waals surface area contributed by atoms with E-state index in [4.69, 9.17) is 0 Å². The molecule has 20 heavy (non-hydrogen) atoms. The maximum Gasteiger partial charge on any atom is 0.236 e. The van der Waals surface area contributed by atoms with Crippen molar-refractivity contribution in [2.45, 2.75) is 33.1 Å². The van der Waals surface area contributed by atoms with Crippen molar-refractivity contribution < 1.29 is 4.79 Å². The summed E-state index contributed by atoms with van der Waals surface area (Å²) >= 11 is 0. The highest BCUT2D eigenvalue weighted by Crippen LogP contribution is 2.26. The van der Waals surface area contributed by atoms with Crippen molar-refractivity contribution in [3.63, 3.8) is 0 Å². The Morgan fingerprint density at radius 1 is 1.20 bits per heavy atom. The van der Waals surface area contributed by atoms with Crippen molar-refractivity contribution in [2.24, 2.45) is 11.8 Å². The van der Waals surface area contributed by atoms with Gasteiger partial charge in [-0.2, -0.15) is 0 Å². The minimum Gasteiger partial charge on any atom is -0.342 e. The third-order valence-corrected chi connectivity index (χ3v) is 4.49. The molecule has 0 aromatic heterocycles. The molecule has 2 rings (SSSR count). The zero-order valence-electron chi connectivity index (χ0n) is 12.9. The zero-order chi connectivity index (χ0) is 13.7. The monoisotopic (exact) mass is 303 g/mol. The van der Waals surface area contributed by atoms with Crippen molar-refractivity contribution in [1.29, 1.82) is 0 Å². The van der Waals surface area contributed by atoms with E-state index >= 15 is 0 Å². The fourth-order valence-electron chi connectivity index (χ4n) is 3.45. The lowest BCUT2D eigenvalue weighted by Crippen LogP contribution is -2.46. The molecule has 1 amide bonds. The van der Waals surface area contributed by atoms with Crippen LogP contribution in [0.2, 0.25) is 0 Å². The number of nitrogens with one attached hydrogen (secondary N) is 1. The lowest BCUT2D eigenvalue weighted by atomic mass is 9.89. The molecule has 0 bridgehead atoms. The summed E-state index contributed by atoms with van der Waals surface area (Å²) in [5, 5.41) is 3.48. The van der Waals surface area contributed by atoms with E-state index in [1.54, 1.807) is 0 Å². The molecule has 2 saturated heterocycles. The van der Waals surface area contributed by atoms with E-state index in [1.165, 1.54) is 13.0 Å². The number of carbonyl (C=O) groups excluding carboxylic acids is 1. The molecule has 2 heterocycles. The van der Waals surface area contributed by atoms with Gasteiger partial charge in [-0.25, -0.2) is 0 Å². The van der Waals surface area contributed by atoms with Crippen LogP contribution in [0.3, 0.4) is 0 Å². The number of hydrogen-bond donors (Lipinski definition) is 1. The molecule has 118 valence electrons. The Morgan fingerprint density at radius 3 is 2.50 bits per heavy atom. The average Bonchev–Trinajstić information content (AvgIpc) is 2.86. The van der Waals surface area contributed by atoms with Crippen LogP contribution in [0.15, 0.2) is 0 Å².